The first kappa shape index (κ1) is 14.2. The van der Waals surface area contributed by atoms with Crippen LogP contribution in [0.2, 0.25) is 0 Å². The monoisotopic (exact) mass is 287 g/mol. The summed E-state index contributed by atoms with van der Waals surface area (Å²) in [6.45, 7) is 1.92. The molecule has 1 N–H and O–H groups in total. The highest BCUT2D eigenvalue weighted by molar-refractivity contribution is 5.32. The normalized spacial score (nSPS) is 19.1. The van der Waals surface area contributed by atoms with Gasteiger partial charge < -0.3 is 5.32 Å². The molecule has 2 aromatic carbocycles. The molecule has 0 aromatic heterocycles. The predicted molar refractivity (Wildman–Crippen MR) is 80.0 cm³/mol. The van der Waals surface area contributed by atoms with Gasteiger partial charge in [-0.15, -0.1) is 0 Å². The largest absolute Gasteiger partial charge is 0.303 e. The first-order chi connectivity index (χ1) is 10.1. The third kappa shape index (κ3) is 2.98. The maximum Gasteiger partial charge on any atom is 0.130 e. The highest BCUT2D eigenvalue weighted by atomic mass is 19.1. The molecule has 0 amide bonds. The summed E-state index contributed by atoms with van der Waals surface area (Å²) in [5.41, 5.74) is 3.19. The lowest BCUT2D eigenvalue weighted by Crippen LogP contribution is -2.28. The fourth-order valence-corrected chi connectivity index (χ4v) is 3.17. The van der Waals surface area contributed by atoms with Gasteiger partial charge in [0.25, 0.3) is 0 Å². The number of benzene rings is 2. The molecule has 110 valence electrons. The van der Waals surface area contributed by atoms with Gasteiger partial charge in [0, 0.05) is 23.7 Å². The molecule has 0 saturated carbocycles. The Morgan fingerprint density at radius 2 is 1.95 bits per heavy atom. The van der Waals surface area contributed by atoms with Crippen molar-refractivity contribution in [2.75, 3.05) is 0 Å². The van der Waals surface area contributed by atoms with Crippen LogP contribution in [0.15, 0.2) is 42.5 Å². The molecule has 3 rings (SSSR count). The van der Waals surface area contributed by atoms with E-state index >= 15 is 0 Å². The molecule has 0 radical (unpaired) electrons. The van der Waals surface area contributed by atoms with Crippen molar-refractivity contribution in [3.63, 3.8) is 0 Å². The highest BCUT2D eigenvalue weighted by Crippen LogP contribution is 2.32. The molecule has 2 aromatic rings. The highest BCUT2D eigenvalue weighted by Gasteiger charge is 2.22. The molecule has 2 atom stereocenters. The molecular weight excluding hydrogens is 268 g/mol. The van der Waals surface area contributed by atoms with Gasteiger partial charge in [0.15, 0.2) is 0 Å². The zero-order valence-corrected chi connectivity index (χ0v) is 12.1. The van der Waals surface area contributed by atoms with Gasteiger partial charge in [0.2, 0.25) is 0 Å². The van der Waals surface area contributed by atoms with Crippen LogP contribution >= 0.6 is 0 Å². The summed E-state index contributed by atoms with van der Waals surface area (Å²) < 4.78 is 26.9. The Bertz CT molecular complexity index is 639. The summed E-state index contributed by atoms with van der Waals surface area (Å²) >= 11 is 0. The first-order valence-electron chi connectivity index (χ1n) is 7.44. The molecule has 0 heterocycles. The number of halogens is 2. The Labute approximate surface area is 124 Å². The van der Waals surface area contributed by atoms with Crippen LogP contribution in [0.25, 0.3) is 0 Å². The average molecular weight is 287 g/mol. The molecule has 0 spiro atoms. The summed E-state index contributed by atoms with van der Waals surface area (Å²) in [5, 5.41) is 3.49. The second-order valence-electron chi connectivity index (χ2n) is 5.70. The van der Waals surface area contributed by atoms with Gasteiger partial charge in [0.05, 0.1) is 0 Å². The lowest BCUT2D eigenvalue weighted by atomic mass is 9.87. The van der Waals surface area contributed by atoms with E-state index in [1.54, 1.807) is 0 Å². The van der Waals surface area contributed by atoms with E-state index in [0.717, 1.165) is 25.3 Å². The second kappa shape index (κ2) is 5.94. The number of rotatable bonds is 3. The summed E-state index contributed by atoms with van der Waals surface area (Å²) in [6.07, 6.45) is 3.28. The van der Waals surface area contributed by atoms with Crippen molar-refractivity contribution in [1.82, 2.24) is 5.32 Å². The quantitative estimate of drug-likeness (QED) is 0.863. The van der Waals surface area contributed by atoms with Crippen LogP contribution < -0.4 is 5.32 Å². The van der Waals surface area contributed by atoms with Crippen LogP contribution in [-0.4, -0.2) is 0 Å². The molecule has 1 aliphatic carbocycles. The third-order valence-electron chi connectivity index (χ3n) is 4.25. The van der Waals surface area contributed by atoms with Crippen LogP contribution in [0.3, 0.4) is 0 Å². The minimum atomic E-state index is -0.536. The third-order valence-corrected chi connectivity index (χ3v) is 4.25. The minimum Gasteiger partial charge on any atom is -0.303 e. The van der Waals surface area contributed by atoms with Crippen LogP contribution in [0.1, 0.15) is 48.5 Å². The van der Waals surface area contributed by atoms with E-state index in [1.165, 1.54) is 23.3 Å². The number of hydrogen-bond donors (Lipinski definition) is 1. The van der Waals surface area contributed by atoms with E-state index in [2.05, 4.69) is 23.5 Å². The standard InChI is InChI=1S/C18H19F2N/c1-12(15-10-9-14(19)11-17(15)20)21-18-8-4-6-13-5-2-3-7-16(13)18/h2-3,5,7,9-12,18,21H,4,6,8H2,1H3. The van der Waals surface area contributed by atoms with E-state index in [0.29, 0.717) is 5.56 Å². The SMILES string of the molecule is CC(NC1CCCc2ccccc21)c1ccc(F)cc1F. The van der Waals surface area contributed by atoms with Crippen LogP contribution in [0.4, 0.5) is 8.78 Å². The molecule has 0 fully saturated rings. The molecule has 0 bridgehead atoms. The lowest BCUT2D eigenvalue weighted by Gasteiger charge is -2.29. The fourth-order valence-electron chi connectivity index (χ4n) is 3.17. The van der Waals surface area contributed by atoms with Crippen molar-refractivity contribution in [3.05, 3.63) is 70.8 Å². The van der Waals surface area contributed by atoms with Gasteiger partial charge in [-0.25, -0.2) is 8.78 Å². The van der Waals surface area contributed by atoms with Crippen LogP contribution in [-0.2, 0) is 6.42 Å². The van der Waals surface area contributed by atoms with E-state index in [9.17, 15) is 8.78 Å². The van der Waals surface area contributed by atoms with Crippen molar-refractivity contribution in [1.29, 1.82) is 0 Å². The van der Waals surface area contributed by atoms with Gasteiger partial charge in [-0.3, -0.25) is 0 Å². The van der Waals surface area contributed by atoms with Crippen molar-refractivity contribution in [2.24, 2.45) is 0 Å². The van der Waals surface area contributed by atoms with Crippen molar-refractivity contribution in [3.8, 4) is 0 Å². The fraction of sp³-hybridized carbons (Fsp3) is 0.333. The molecule has 2 unspecified atom stereocenters. The Kier molecular flexibility index (Phi) is 4.02. The summed E-state index contributed by atoms with van der Waals surface area (Å²) in [7, 11) is 0. The number of aryl methyl sites for hydroxylation is 1. The summed E-state index contributed by atoms with van der Waals surface area (Å²) in [5.74, 6) is -1.02. The summed E-state index contributed by atoms with van der Waals surface area (Å²) in [4.78, 5) is 0. The van der Waals surface area contributed by atoms with E-state index in [-0.39, 0.29) is 12.1 Å². The van der Waals surface area contributed by atoms with Gasteiger partial charge in [-0.1, -0.05) is 30.3 Å². The molecule has 0 saturated heterocycles. The molecule has 1 aliphatic rings. The molecule has 1 nitrogen and oxygen atoms in total. The topological polar surface area (TPSA) is 12.0 Å². The Balaban J connectivity index is 1.81. The van der Waals surface area contributed by atoms with Crippen LogP contribution in [0, 0.1) is 11.6 Å². The molecule has 21 heavy (non-hydrogen) atoms. The van der Waals surface area contributed by atoms with Crippen molar-refractivity contribution in [2.45, 2.75) is 38.3 Å². The van der Waals surface area contributed by atoms with Crippen molar-refractivity contribution < 1.29 is 8.78 Å². The lowest BCUT2D eigenvalue weighted by molar-refractivity contribution is 0.406. The maximum absolute atomic E-state index is 13.9. The number of hydrogen-bond acceptors (Lipinski definition) is 1. The minimum absolute atomic E-state index is 0.151. The van der Waals surface area contributed by atoms with Gasteiger partial charge in [-0.2, -0.15) is 0 Å². The first-order valence-corrected chi connectivity index (χ1v) is 7.44. The predicted octanol–water partition coefficient (Wildman–Crippen LogP) is 4.69. The van der Waals surface area contributed by atoms with Gasteiger partial charge in [0.1, 0.15) is 11.6 Å². The van der Waals surface area contributed by atoms with Gasteiger partial charge >= 0.3 is 0 Å². The smallest absolute Gasteiger partial charge is 0.130 e. The average Bonchev–Trinajstić information content (AvgIpc) is 2.47. The Hall–Kier alpha value is -1.74. The Morgan fingerprint density at radius 1 is 1.14 bits per heavy atom. The van der Waals surface area contributed by atoms with Gasteiger partial charge in [-0.05, 0) is 43.4 Å². The van der Waals surface area contributed by atoms with E-state index in [4.69, 9.17) is 0 Å². The number of nitrogens with one attached hydrogen (secondary N) is 1. The Morgan fingerprint density at radius 3 is 2.76 bits per heavy atom. The van der Waals surface area contributed by atoms with E-state index < -0.39 is 11.6 Å². The molecule has 0 aliphatic heterocycles. The summed E-state index contributed by atoms with van der Waals surface area (Å²) in [6, 6.07) is 12.3. The zero-order chi connectivity index (χ0) is 14.8. The second-order valence-corrected chi connectivity index (χ2v) is 5.70. The maximum atomic E-state index is 13.9. The van der Waals surface area contributed by atoms with Crippen molar-refractivity contribution >= 4 is 0 Å². The zero-order valence-electron chi connectivity index (χ0n) is 12.1. The molecular formula is C18H19F2N. The molecule has 3 heteroatoms. The number of fused-ring (bicyclic) bond motifs is 1. The van der Waals surface area contributed by atoms with Crippen LogP contribution in [0.5, 0.6) is 0 Å². The van der Waals surface area contributed by atoms with E-state index in [1.807, 2.05) is 13.0 Å².